The largest absolute Gasteiger partial charge is 0.311 e. The predicted octanol–water partition coefficient (Wildman–Crippen LogP) is 29.8. The van der Waals surface area contributed by atoms with Gasteiger partial charge in [-0.2, -0.15) is 0 Å². The topological polar surface area (TPSA) is 16.3 Å². The minimum atomic E-state index is -2.02. The molecule has 4 heterocycles. The molecule has 17 rings (SSSR count). The Hall–Kier alpha value is -10.9. The second-order valence-corrected chi connectivity index (χ2v) is 41.0. The quantitative estimate of drug-likeness (QED) is 0.0951. The minimum absolute atomic E-state index is 0.151. The lowest BCUT2D eigenvalue weighted by molar-refractivity contribution is 0.411. The van der Waals surface area contributed by atoms with Gasteiger partial charge in [-0.05, 0) is 281 Å². The van der Waals surface area contributed by atoms with Crippen molar-refractivity contribution in [3.63, 3.8) is 0 Å². The Labute approximate surface area is 719 Å². The van der Waals surface area contributed by atoms with Gasteiger partial charge < -0.3 is 18.9 Å². The van der Waals surface area contributed by atoms with Gasteiger partial charge >= 0.3 is 0 Å². The zero-order chi connectivity index (χ0) is 92.0. The predicted molar refractivity (Wildman–Crippen MR) is 513 cm³/mol. The molecule has 0 fully saturated rings. The van der Waals surface area contributed by atoms with Crippen LogP contribution in [0.1, 0.15) is 198 Å². The van der Waals surface area contributed by atoms with Gasteiger partial charge in [0.25, 0.3) is 6.71 Å². The summed E-state index contributed by atoms with van der Waals surface area (Å²) in [6.07, 6.45) is -7.60. The molecule has 2 aliphatic rings. The maximum atomic E-state index is 11.0. The van der Waals surface area contributed by atoms with Gasteiger partial charge in [-0.1, -0.05) is 303 Å². The van der Waals surface area contributed by atoms with Crippen molar-refractivity contribution >= 4 is 101 Å². The summed E-state index contributed by atoms with van der Waals surface area (Å²) in [5.74, 6) is 0. The first-order valence-corrected chi connectivity index (χ1v) is 42.5. The highest BCUT2D eigenvalue weighted by molar-refractivity contribution is 7.00. The first-order valence-electron chi connectivity index (χ1n) is 47.5. The van der Waals surface area contributed by atoms with Gasteiger partial charge in [0.15, 0.2) is 0 Å². The van der Waals surface area contributed by atoms with E-state index in [1.807, 2.05) is 152 Å². The summed E-state index contributed by atoms with van der Waals surface area (Å²) in [5, 5.41) is 3.16. The molecule has 0 bridgehead atoms. The van der Waals surface area contributed by atoms with Crippen molar-refractivity contribution in [2.45, 2.75) is 190 Å². The lowest BCUT2D eigenvalue weighted by Gasteiger charge is -2.46. The van der Waals surface area contributed by atoms with Crippen LogP contribution in [0.25, 0.3) is 99.5 Å². The van der Waals surface area contributed by atoms with Crippen LogP contribution in [-0.2, 0) is 44.7 Å². The number of nitrogens with zero attached hydrogens (tertiary/aromatic N) is 4. The summed E-state index contributed by atoms with van der Waals surface area (Å²) in [4.78, 5) is 4.93. The molecular formula is C113H121BN4. The molecule has 2 aromatic heterocycles. The van der Waals surface area contributed by atoms with Crippen LogP contribution >= 0.6 is 0 Å². The number of hydrogen-bond donors (Lipinski definition) is 0. The second kappa shape index (κ2) is 29.6. The minimum Gasteiger partial charge on any atom is -0.311 e. The smallest absolute Gasteiger partial charge is 0.252 e. The number of aromatic nitrogens is 2. The van der Waals surface area contributed by atoms with E-state index in [1.54, 1.807) is 0 Å². The molecule has 0 radical (unpaired) electrons. The summed E-state index contributed by atoms with van der Waals surface area (Å²) in [6.45, 7) is 42.4. The number of benzene rings is 13. The molecule has 2 aliphatic heterocycles. The molecule has 4 nitrogen and oxygen atoms in total. The Bertz CT molecular complexity index is 6330. The molecule has 0 N–H and O–H groups in total. The van der Waals surface area contributed by atoms with E-state index < -0.39 is 65.7 Å². The molecule has 0 atom stereocenters. The molecule has 0 saturated carbocycles. The summed E-state index contributed by atoms with van der Waals surface area (Å²) in [7, 11) is 0. The lowest BCUT2D eigenvalue weighted by Crippen LogP contribution is -2.61. The fraction of sp³-hybridized carbons (Fsp3) is 0.310. The first-order chi connectivity index (χ1) is 59.7. The van der Waals surface area contributed by atoms with Crippen LogP contribution in [0, 0.1) is 37.9 Å². The molecule has 0 aliphatic carbocycles. The van der Waals surface area contributed by atoms with Gasteiger partial charge in [-0.3, -0.25) is 0 Å². The van der Waals surface area contributed by atoms with Crippen molar-refractivity contribution in [1.82, 2.24) is 9.13 Å². The summed E-state index contributed by atoms with van der Waals surface area (Å²) >= 11 is 0. The van der Waals surface area contributed by atoms with E-state index in [1.165, 1.54) is 11.1 Å². The Morgan fingerprint density at radius 3 is 0.805 bits per heavy atom. The van der Waals surface area contributed by atoms with Crippen LogP contribution in [0.5, 0.6) is 0 Å². The van der Waals surface area contributed by atoms with Crippen LogP contribution in [0.15, 0.2) is 267 Å². The first kappa shape index (κ1) is 68.1. The SMILES string of the molecule is [2H]C([2H])(c1cc2c3c(c1)N(c1cc(-c4ccccc4)c(CC(C)(C)C)cc1-c1ccccc1)c1cc(-n4c5ccc(C([2H])([2H])C(C)(C)C)cc5c5cc(C([2H])([2H])C(C)(C)C)ccc54)ccc1B3c1ccc(-n3c4ccc(C([2H])([2H])C(C)(C)C)cc4c4cc(C([2H])([2H])C(C)(C)C)ccc43)cc1N2c1cc(-c2ccccc2)c(CC(C)(C)C)cc1-c1ccccc1)C(C)(C)C. The van der Waals surface area contributed by atoms with Gasteiger partial charge in [-0.25, -0.2) is 0 Å². The van der Waals surface area contributed by atoms with Crippen molar-refractivity contribution in [2.24, 2.45) is 37.9 Å². The van der Waals surface area contributed by atoms with Crippen LogP contribution in [-0.4, -0.2) is 15.8 Å². The molecule has 5 heteroatoms. The third-order valence-electron chi connectivity index (χ3n) is 22.4. The van der Waals surface area contributed by atoms with E-state index in [0.717, 1.165) is 163 Å². The van der Waals surface area contributed by atoms with Gasteiger partial charge in [0.05, 0.1) is 33.4 Å². The van der Waals surface area contributed by atoms with E-state index >= 15 is 0 Å². The summed E-state index contributed by atoms with van der Waals surface area (Å²) in [5.41, 5.74) is 21.6. The summed E-state index contributed by atoms with van der Waals surface area (Å²) in [6, 6.07) is 94.5. The van der Waals surface area contributed by atoms with Crippen molar-refractivity contribution in [3.8, 4) is 55.9 Å². The molecule has 118 heavy (non-hydrogen) atoms. The number of fused-ring (bicyclic) bond motifs is 10. The molecular weight excluding hydrogens is 1420 g/mol. The van der Waals surface area contributed by atoms with Gasteiger partial charge in [0.1, 0.15) is 0 Å². The van der Waals surface area contributed by atoms with E-state index in [9.17, 15) is 13.7 Å². The average molecular weight is 1560 g/mol. The monoisotopic (exact) mass is 1560 g/mol. The maximum absolute atomic E-state index is 11.0. The fourth-order valence-corrected chi connectivity index (χ4v) is 18.5. The average Bonchev–Trinajstić information content (AvgIpc) is 0.743. The normalized spacial score (nSPS) is 15.3. The van der Waals surface area contributed by atoms with E-state index in [2.05, 4.69) is 279 Å². The molecule has 0 saturated heterocycles. The Morgan fingerprint density at radius 1 is 0.246 bits per heavy atom. The van der Waals surface area contributed by atoms with Crippen molar-refractivity contribution in [3.05, 3.63) is 306 Å². The second-order valence-electron chi connectivity index (χ2n) is 41.0. The highest BCUT2D eigenvalue weighted by atomic mass is 15.2. The van der Waals surface area contributed by atoms with Crippen LogP contribution in [0.4, 0.5) is 34.1 Å². The maximum Gasteiger partial charge on any atom is 0.252 e. The van der Waals surface area contributed by atoms with Crippen LogP contribution in [0.3, 0.4) is 0 Å². The zero-order valence-electron chi connectivity index (χ0n) is 83.2. The molecule has 596 valence electrons. The van der Waals surface area contributed by atoms with Crippen LogP contribution in [0.2, 0.25) is 0 Å². The fourth-order valence-electron chi connectivity index (χ4n) is 18.5. The number of anilines is 6. The Kier molecular flexibility index (Phi) is 17.1. The van der Waals surface area contributed by atoms with Gasteiger partial charge in [0.2, 0.25) is 0 Å². The van der Waals surface area contributed by atoms with Crippen molar-refractivity contribution in [1.29, 1.82) is 0 Å². The highest BCUT2D eigenvalue weighted by Crippen LogP contribution is 2.54. The number of hydrogen-bond acceptors (Lipinski definition) is 2. The lowest BCUT2D eigenvalue weighted by atomic mass is 9.33. The molecule has 0 unspecified atom stereocenters. The molecule has 0 spiro atoms. The van der Waals surface area contributed by atoms with Crippen molar-refractivity contribution in [2.75, 3.05) is 9.80 Å². The van der Waals surface area contributed by atoms with E-state index in [0.29, 0.717) is 27.8 Å². The zero-order valence-corrected chi connectivity index (χ0v) is 73.2. The van der Waals surface area contributed by atoms with Crippen molar-refractivity contribution < 1.29 is 13.7 Å². The highest BCUT2D eigenvalue weighted by Gasteiger charge is 2.46. The summed E-state index contributed by atoms with van der Waals surface area (Å²) < 4.78 is 105. The molecule has 0 amide bonds. The van der Waals surface area contributed by atoms with Crippen LogP contribution < -0.4 is 26.2 Å². The third kappa shape index (κ3) is 16.1. The third-order valence-corrected chi connectivity index (χ3v) is 22.4. The number of rotatable bonds is 15. The molecule has 13 aromatic carbocycles. The van der Waals surface area contributed by atoms with Gasteiger partial charge in [-0.15, -0.1) is 0 Å². The van der Waals surface area contributed by atoms with Gasteiger partial charge in [0, 0.05) is 80.5 Å². The Morgan fingerprint density at radius 2 is 0.525 bits per heavy atom. The Balaban J connectivity index is 1.07. The van der Waals surface area contributed by atoms with E-state index in [-0.39, 0.29) is 10.8 Å². The molecule has 15 aromatic rings. The van der Waals surface area contributed by atoms with E-state index in [4.69, 9.17) is 0 Å². The standard InChI is InChI=1S/C113H121BN4/c1-107(2,3)66-73-42-50-96-90(54-73)91-55-74(67-108(4,5)6)43-51-97(91)115(96)84-46-48-94-102(62-84)117(100-64-86(78-34-26-22-27-35-78)82(71-112(16,17)18)60-88(100)80-38-30-24-31-39-80)104-58-77(70-111(13,14)15)59-105-106(104)114(94)95-49-47-85(116-98-52-44-75(68-109(7,8)9)56-92(98)93-57-76(45-53-99(93)116)69-110(10,11)12)63-103(95)118(105)101-65-87(79-36-28-23-29-37-79)83(72-113(19,20)21)61-89(101)81-40-32-25-33-41-81/h22-65H,66-72H2,1-21H3/i66D2,67D2,68D2,69D2,70D2.